The molecule has 3 atom stereocenters. The van der Waals surface area contributed by atoms with Gasteiger partial charge in [-0.2, -0.15) is 5.10 Å². The molecule has 7 nitrogen and oxygen atoms in total. The number of nitrogens with zero attached hydrogens (tertiary/aromatic N) is 3. The van der Waals surface area contributed by atoms with Crippen LogP contribution in [0.4, 0.5) is 0 Å². The molecule has 0 bridgehead atoms. The summed E-state index contributed by atoms with van der Waals surface area (Å²) in [6, 6.07) is 2.38. The number of sulfone groups is 1. The van der Waals surface area contributed by atoms with Gasteiger partial charge in [-0.05, 0) is 39.7 Å². The van der Waals surface area contributed by atoms with Crippen molar-refractivity contribution in [1.82, 2.24) is 14.7 Å². The van der Waals surface area contributed by atoms with Gasteiger partial charge in [-0.1, -0.05) is 11.6 Å². The number of aromatic nitrogens is 2. The van der Waals surface area contributed by atoms with Crippen molar-refractivity contribution in [2.45, 2.75) is 70.6 Å². The van der Waals surface area contributed by atoms with Crippen LogP contribution in [-0.2, 0) is 38.0 Å². The highest BCUT2D eigenvalue weighted by atomic mass is 35.5. The monoisotopic (exact) mass is 501 g/mol. The zero-order valence-electron chi connectivity index (χ0n) is 19.1. The van der Waals surface area contributed by atoms with E-state index in [9.17, 15) is 8.42 Å². The molecule has 10 heteroatoms. The lowest BCUT2D eigenvalue weighted by molar-refractivity contribution is -0.157. The zero-order chi connectivity index (χ0) is 23.1. The first-order valence-corrected chi connectivity index (χ1v) is 14.3. The predicted molar refractivity (Wildman–Crippen MR) is 127 cm³/mol. The van der Waals surface area contributed by atoms with E-state index in [1.54, 1.807) is 16.0 Å². The van der Waals surface area contributed by atoms with Gasteiger partial charge in [-0.3, -0.25) is 9.58 Å². The maximum atomic E-state index is 11.4. The van der Waals surface area contributed by atoms with Crippen LogP contribution < -0.4 is 0 Å². The topological polar surface area (TPSA) is 73.7 Å². The van der Waals surface area contributed by atoms with Gasteiger partial charge in [0.1, 0.15) is 21.5 Å². The molecule has 1 unspecified atom stereocenters. The predicted octanol–water partition coefficient (Wildman–Crippen LogP) is 4.02. The summed E-state index contributed by atoms with van der Waals surface area (Å²) in [5, 5.41) is 4.33. The number of likely N-dealkylation sites (tertiary alicyclic amines) is 1. The van der Waals surface area contributed by atoms with E-state index < -0.39 is 9.84 Å². The molecule has 0 radical (unpaired) electrons. The second kappa shape index (κ2) is 9.35. The van der Waals surface area contributed by atoms with Gasteiger partial charge < -0.3 is 9.47 Å². The molecule has 0 aromatic carbocycles. The van der Waals surface area contributed by atoms with Crippen LogP contribution in [-0.4, -0.2) is 60.4 Å². The van der Waals surface area contributed by atoms with Gasteiger partial charge in [0.15, 0.2) is 0 Å². The molecular weight excluding hydrogens is 470 g/mol. The molecule has 32 heavy (non-hydrogen) atoms. The van der Waals surface area contributed by atoms with E-state index in [4.69, 9.17) is 21.1 Å². The van der Waals surface area contributed by atoms with Gasteiger partial charge in [-0.15, -0.1) is 11.3 Å². The van der Waals surface area contributed by atoms with E-state index in [-0.39, 0.29) is 23.6 Å². The smallest absolute Gasteiger partial charge is 0.149 e. The lowest BCUT2D eigenvalue weighted by atomic mass is 9.81. The Morgan fingerprint density at radius 2 is 2.22 bits per heavy atom. The number of fused-ring (bicyclic) bond motifs is 2. The van der Waals surface area contributed by atoms with E-state index >= 15 is 0 Å². The Kier molecular flexibility index (Phi) is 7.06. The number of thiophene rings is 1. The molecule has 0 amide bonds. The van der Waals surface area contributed by atoms with Crippen molar-refractivity contribution in [3.63, 3.8) is 0 Å². The van der Waals surface area contributed by atoms with Crippen molar-refractivity contribution in [1.29, 1.82) is 0 Å². The molecule has 0 aliphatic carbocycles. The van der Waals surface area contributed by atoms with Crippen LogP contribution in [0, 0.1) is 0 Å². The molecule has 0 N–H and O–H groups in total. The van der Waals surface area contributed by atoms with Crippen LogP contribution in [0.15, 0.2) is 18.5 Å². The van der Waals surface area contributed by atoms with E-state index in [1.807, 2.05) is 26.2 Å². The lowest BCUT2D eigenvalue weighted by Crippen LogP contribution is -2.50. The number of ether oxygens (including phenoxy) is 2. The molecular formula is C22H32ClN3O4S2. The van der Waals surface area contributed by atoms with Gasteiger partial charge in [0, 0.05) is 47.6 Å². The Hall–Kier alpha value is -0.970. The summed E-state index contributed by atoms with van der Waals surface area (Å²) in [5.41, 5.74) is 1.98. The van der Waals surface area contributed by atoms with E-state index in [0.717, 1.165) is 35.8 Å². The fourth-order valence-corrected chi connectivity index (χ4v) is 6.72. The number of halogens is 1. The van der Waals surface area contributed by atoms with Gasteiger partial charge >= 0.3 is 0 Å². The van der Waals surface area contributed by atoms with Crippen molar-refractivity contribution in [2.75, 3.05) is 25.2 Å². The molecule has 4 rings (SSSR count). The normalized spacial score (nSPS) is 26.7. The molecule has 1 spiro atoms. The fraction of sp³-hybridized carbons (Fsp3) is 0.682. The van der Waals surface area contributed by atoms with Crippen molar-refractivity contribution in [3.05, 3.63) is 38.8 Å². The highest BCUT2D eigenvalue weighted by molar-refractivity contribution is 7.90. The first-order chi connectivity index (χ1) is 15.0. The summed E-state index contributed by atoms with van der Waals surface area (Å²) in [5.74, 6) is 0.0985. The molecule has 4 heterocycles. The Morgan fingerprint density at radius 3 is 2.91 bits per heavy atom. The third-order valence-electron chi connectivity index (χ3n) is 6.25. The van der Waals surface area contributed by atoms with Gasteiger partial charge in [-0.25, -0.2) is 8.42 Å². The summed E-state index contributed by atoms with van der Waals surface area (Å²) in [4.78, 5) is 3.66. The van der Waals surface area contributed by atoms with Gasteiger partial charge in [0.05, 0.1) is 35.5 Å². The van der Waals surface area contributed by atoms with Crippen LogP contribution in [0.1, 0.15) is 55.7 Å². The van der Waals surface area contributed by atoms with Crippen LogP contribution in [0.2, 0.25) is 4.34 Å². The zero-order valence-corrected chi connectivity index (χ0v) is 21.5. The number of rotatable bonds is 7. The second-order valence-electron chi connectivity index (χ2n) is 9.33. The van der Waals surface area contributed by atoms with Gasteiger partial charge in [0.25, 0.3) is 0 Å². The minimum Gasteiger partial charge on any atom is -0.368 e. The summed E-state index contributed by atoms with van der Waals surface area (Å²) in [7, 11) is -3.00. The summed E-state index contributed by atoms with van der Waals surface area (Å²) >= 11 is 8.06. The molecule has 0 saturated carbocycles. The highest BCUT2D eigenvalue weighted by Gasteiger charge is 2.47. The average molecular weight is 502 g/mol. The largest absolute Gasteiger partial charge is 0.368 e. The standard InChI is InChI=1S/C22H32ClN3O4S2/c1-15(2)30-19-14-29-22(21-18(19)9-20(23)31-21)5-6-25(16(3)10-22)12-17-11-24-26(13-17)7-8-32(4,27)28/h9,11,13,15-16,19H,5-8,10,12,14H2,1-4H3/t16-,19?,22+/m0/s1. The van der Waals surface area contributed by atoms with Crippen molar-refractivity contribution >= 4 is 32.8 Å². The highest BCUT2D eigenvalue weighted by Crippen LogP contribution is 2.51. The van der Waals surface area contributed by atoms with Crippen LogP contribution in [0.3, 0.4) is 0 Å². The molecule has 1 fully saturated rings. The number of aryl methyl sites for hydroxylation is 1. The van der Waals surface area contributed by atoms with Gasteiger partial charge in [0.2, 0.25) is 0 Å². The molecule has 178 valence electrons. The molecule has 1 saturated heterocycles. The maximum absolute atomic E-state index is 11.4. The second-order valence-corrected chi connectivity index (χ2v) is 13.3. The van der Waals surface area contributed by atoms with Crippen LogP contribution in [0.5, 0.6) is 0 Å². The number of hydrogen-bond acceptors (Lipinski definition) is 7. The maximum Gasteiger partial charge on any atom is 0.149 e. The number of hydrogen-bond donors (Lipinski definition) is 0. The number of piperidine rings is 1. The van der Waals surface area contributed by atoms with Crippen LogP contribution in [0.25, 0.3) is 0 Å². The third kappa shape index (κ3) is 5.39. The minimum atomic E-state index is -3.00. The quantitative estimate of drug-likeness (QED) is 0.570. The van der Waals surface area contributed by atoms with E-state index in [0.29, 0.717) is 19.2 Å². The first kappa shape index (κ1) is 24.2. The van der Waals surface area contributed by atoms with Crippen molar-refractivity contribution in [3.8, 4) is 0 Å². The molecule has 2 aliphatic heterocycles. The molecule has 2 aromatic heterocycles. The first-order valence-electron chi connectivity index (χ1n) is 11.1. The summed E-state index contributed by atoms with van der Waals surface area (Å²) in [6.45, 7) is 8.95. The van der Waals surface area contributed by atoms with Crippen molar-refractivity contribution < 1.29 is 17.9 Å². The minimum absolute atomic E-state index is 0.0644. The Balaban J connectivity index is 1.43. The van der Waals surface area contributed by atoms with E-state index in [1.165, 1.54) is 16.7 Å². The third-order valence-corrected chi connectivity index (χ3v) is 8.64. The molecule has 2 aliphatic rings. The summed E-state index contributed by atoms with van der Waals surface area (Å²) in [6.07, 6.45) is 6.89. The van der Waals surface area contributed by atoms with E-state index in [2.05, 4.69) is 23.0 Å². The SMILES string of the molecule is CC(C)OC1CO[C@@]2(CCN(Cc3cnn(CCS(C)(=O)=O)c3)[C@@H](C)C2)c2sc(Cl)cc21. The lowest BCUT2D eigenvalue weighted by Gasteiger charge is -2.48. The summed E-state index contributed by atoms with van der Waals surface area (Å²) < 4.78 is 37.9. The fourth-order valence-electron chi connectivity index (χ4n) is 4.73. The average Bonchev–Trinajstić information content (AvgIpc) is 3.31. The van der Waals surface area contributed by atoms with Crippen molar-refractivity contribution in [2.24, 2.45) is 0 Å². The Bertz CT molecular complexity index is 1050. The Labute approximate surface area is 199 Å². The van der Waals surface area contributed by atoms with Crippen LogP contribution >= 0.6 is 22.9 Å². The Morgan fingerprint density at radius 1 is 1.44 bits per heavy atom. The molecule has 2 aromatic rings.